The molecular weight excluding hydrogens is 331 g/mol. The van der Waals surface area contributed by atoms with Crippen molar-refractivity contribution in [3.8, 4) is 11.1 Å². The van der Waals surface area contributed by atoms with Gasteiger partial charge >= 0.3 is 6.18 Å². The van der Waals surface area contributed by atoms with Crippen molar-refractivity contribution < 1.29 is 26.4 Å². The number of sulfone groups is 1. The van der Waals surface area contributed by atoms with Gasteiger partial charge < -0.3 is 5.32 Å². The molecule has 0 bridgehead atoms. The monoisotopic (exact) mass is 341 g/mol. The molecule has 0 atom stereocenters. The van der Waals surface area contributed by atoms with Gasteiger partial charge in [-0.3, -0.25) is 4.79 Å². The maximum atomic E-state index is 12.6. The Kier molecular flexibility index (Phi) is 3.44. The average molecular weight is 341 g/mol. The SMILES string of the molecule is O=C1CS(=O)(=O)c2cc(-c3ccc(C(F)(F)F)cc3)ccc2N1. The van der Waals surface area contributed by atoms with E-state index >= 15 is 0 Å². The minimum atomic E-state index is -4.43. The van der Waals surface area contributed by atoms with E-state index in [4.69, 9.17) is 0 Å². The highest BCUT2D eigenvalue weighted by Gasteiger charge is 2.31. The number of amides is 1. The Balaban J connectivity index is 2.04. The van der Waals surface area contributed by atoms with Crippen LogP contribution in [0, 0.1) is 0 Å². The summed E-state index contributed by atoms with van der Waals surface area (Å²) in [6, 6.07) is 8.75. The normalized spacial score (nSPS) is 16.6. The van der Waals surface area contributed by atoms with Crippen LogP contribution in [0.3, 0.4) is 0 Å². The van der Waals surface area contributed by atoms with Crippen LogP contribution in [0.25, 0.3) is 11.1 Å². The van der Waals surface area contributed by atoms with Crippen molar-refractivity contribution in [2.45, 2.75) is 11.1 Å². The van der Waals surface area contributed by atoms with E-state index < -0.39 is 33.2 Å². The lowest BCUT2D eigenvalue weighted by atomic mass is 10.0. The molecule has 0 fully saturated rings. The summed E-state index contributed by atoms with van der Waals surface area (Å²) in [6.45, 7) is 0. The number of nitrogens with one attached hydrogen (secondary N) is 1. The Morgan fingerprint density at radius 3 is 2.17 bits per heavy atom. The molecule has 0 aliphatic carbocycles. The highest BCUT2D eigenvalue weighted by atomic mass is 32.2. The number of carbonyl (C=O) groups excluding carboxylic acids is 1. The van der Waals surface area contributed by atoms with E-state index in [1.165, 1.54) is 24.3 Å². The molecule has 1 aliphatic heterocycles. The fraction of sp³-hybridized carbons (Fsp3) is 0.133. The lowest BCUT2D eigenvalue weighted by molar-refractivity contribution is -0.137. The van der Waals surface area contributed by atoms with Crippen molar-refractivity contribution in [2.75, 3.05) is 11.1 Å². The van der Waals surface area contributed by atoms with Gasteiger partial charge in [-0.25, -0.2) is 8.42 Å². The first-order valence-electron chi connectivity index (χ1n) is 6.51. The molecule has 120 valence electrons. The van der Waals surface area contributed by atoms with Gasteiger partial charge in [0.1, 0.15) is 5.75 Å². The zero-order valence-corrected chi connectivity index (χ0v) is 12.3. The van der Waals surface area contributed by atoms with Gasteiger partial charge in [-0.15, -0.1) is 0 Å². The van der Waals surface area contributed by atoms with Crippen LogP contribution in [0.1, 0.15) is 5.56 Å². The molecule has 0 unspecified atom stereocenters. The van der Waals surface area contributed by atoms with E-state index in [0.29, 0.717) is 11.1 Å². The minimum Gasteiger partial charge on any atom is -0.324 e. The molecule has 3 rings (SSSR count). The van der Waals surface area contributed by atoms with Crippen molar-refractivity contribution >= 4 is 21.4 Å². The van der Waals surface area contributed by atoms with Gasteiger partial charge in [-0.05, 0) is 35.4 Å². The van der Waals surface area contributed by atoms with E-state index in [1.807, 2.05) is 0 Å². The quantitative estimate of drug-likeness (QED) is 0.867. The standard InChI is InChI=1S/C15H10F3NO3S/c16-15(17,18)11-4-1-9(2-5-11)10-3-6-12-13(7-10)23(21,22)8-14(20)19-12/h1-7H,8H2,(H,19,20). The summed E-state index contributed by atoms with van der Waals surface area (Å²) in [5.41, 5.74) is 0.307. The third-order valence-electron chi connectivity index (χ3n) is 3.46. The van der Waals surface area contributed by atoms with Crippen LogP contribution in [0.15, 0.2) is 47.4 Å². The summed E-state index contributed by atoms with van der Waals surface area (Å²) in [7, 11) is -3.75. The number of hydrogen-bond donors (Lipinski definition) is 1. The Labute approximate surface area is 129 Å². The van der Waals surface area contributed by atoms with E-state index in [1.54, 1.807) is 6.07 Å². The van der Waals surface area contributed by atoms with Crippen LogP contribution in [-0.4, -0.2) is 20.1 Å². The zero-order valence-electron chi connectivity index (χ0n) is 11.5. The summed E-state index contributed by atoms with van der Waals surface area (Å²) >= 11 is 0. The van der Waals surface area contributed by atoms with Crippen molar-refractivity contribution in [1.29, 1.82) is 0 Å². The second kappa shape index (κ2) is 5.09. The molecule has 1 amide bonds. The van der Waals surface area contributed by atoms with Crippen molar-refractivity contribution in [3.63, 3.8) is 0 Å². The van der Waals surface area contributed by atoms with Crippen molar-refractivity contribution in [1.82, 2.24) is 0 Å². The van der Waals surface area contributed by atoms with Crippen LogP contribution in [0.5, 0.6) is 0 Å². The maximum absolute atomic E-state index is 12.6. The van der Waals surface area contributed by atoms with Crippen molar-refractivity contribution in [3.05, 3.63) is 48.0 Å². The van der Waals surface area contributed by atoms with Gasteiger partial charge in [0.15, 0.2) is 9.84 Å². The summed E-state index contributed by atoms with van der Waals surface area (Å²) in [5, 5.41) is 2.46. The largest absolute Gasteiger partial charge is 0.416 e. The van der Waals surface area contributed by atoms with Gasteiger partial charge in [-0.2, -0.15) is 13.2 Å². The molecule has 1 N–H and O–H groups in total. The predicted octanol–water partition coefficient (Wildman–Crippen LogP) is 3.10. The van der Waals surface area contributed by atoms with Gasteiger partial charge in [0.25, 0.3) is 0 Å². The number of anilines is 1. The minimum absolute atomic E-state index is 0.0329. The van der Waals surface area contributed by atoms with E-state index in [-0.39, 0.29) is 10.6 Å². The van der Waals surface area contributed by atoms with E-state index in [0.717, 1.165) is 12.1 Å². The summed E-state index contributed by atoms with van der Waals surface area (Å²) < 4.78 is 61.8. The number of halogens is 3. The molecule has 1 heterocycles. The van der Waals surface area contributed by atoms with Crippen LogP contribution in [0.4, 0.5) is 18.9 Å². The fourth-order valence-corrected chi connectivity index (χ4v) is 3.68. The molecule has 0 radical (unpaired) electrons. The van der Waals surface area contributed by atoms with Crippen molar-refractivity contribution in [2.24, 2.45) is 0 Å². The Hall–Kier alpha value is -2.35. The molecule has 1 aliphatic rings. The first kappa shape index (κ1) is 15.5. The zero-order chi connectivity index (χ0) is 16.8. The van der Waals surface area contributed by atoms with E-state index in [2.05, 4.69) is 5.32 Å². The Bertz CT molecular complexity index is 887. The second-order valence-electron chi connectivity index (χ2n) is 5.09. The molecule has 23 heavy (non-hydrogen) atoms. The molecule has 8 heteroatoms. The number of alkyl halides is 3. The maximum Gasteiger partial charge on any atom is 0.416 e. The van der Waals surface area contributed by atoms with E-state index in [9.17, 15) is 26.4 Å². The Morgan fingerprint density at radius 2 is 1.57 bits per heavy atom. The highest BCUT2D eigenvalue weighted by Crippen LogP contribution is 2.34. The third kappa shape index (κ3) is 2.94. The molecule has 2 aromatic rings. The smallest absolute Gasteiger partial charge is 0.324 e. The first-order chi connectivity index (χ1) is 10.7. The molecule has 0 spiro atoms. The fourth-order valence-electron chi connectivity index (χ4n) is 2.35. The molecule has 0 saturated heterocycles. The lowest BCUT2D eigenvalue weighted by Gasteiger charge is -2.18. The predicted molar refractivity (Wildman–Crippen MR) is 77.6 cm³/mol. The molecule has 2 aromatic carbocycles. The van der Waals surface area contributed by atoms with Gasteiger partial charge in [0.2, 0.25) is 5.91 Å². The summed E-state index contributed by atoms with van der Waals surface area (Å²) in [4.78, 5) is 11.3. The third-order valence-corrected chi connectivity index (χ3v) is 5.11. The van der Waals surface area contributed by atoms with Gasteiger partial charge in [0.05, 0.1) is 16.1 Å². The number of rotatable bonds is 1. The second-order valence-corrected chi connectivity index (χ2v) is 7.05. The molecule has 4 nitrogen and oxygen atoms in total. The molecule has 0 aromatic heterocycles. The van der Waals surface area contributed by atoms with Crippen LogP contribution in [0.2, 0.25) is 0 Å². The number of fused-ring (bicyclic) bond motifs is 1. The van der Waals surface area contributed by atoms with Crippen LogP contribution < -0.4 is 5.32 Å². The molecule has 0 saturated carbocycles. The number of carbonyl (C=O) groups is 1. The highest BCUT2D eigenvalue weighted by molar-refractivity contribution is 7.92. The Morgan fingerprint density at radius 1 is 0.957 bits per heavy atom. The topological polar surface area (TPSA) is 63.2 Å². The number of hydrogen-bond acceptors (Lipinski definition) is 3. The van der Waals surface area contributed by atoms with Gasteiger partial charge in [-0.1, -0.05) is 18.2 Å². The lowest BCUT2D eigenvalue weighted by Crippen LogP contribution is -2.29. The average Bonchev–Trinajstić information content (AvgIpc) is 2.45. The van der Waals surface area contributed by atoms with Crippen LogP contribution in [-0.2, 0) is 20.8 Å². The molecular formula is C15H10F3NO3S. The first-order valence-corrected chi connectivity index (χ1v) is 8.16. The number of benzene rings is 2. The van der Waals surface area contributed by atoms with Crippen LogP contribution >= 0.6 is 0 Å². The summed E-state index contributed by atoms with van der Waals surface area (Å²) in [5.74, 6) is -1.25. The summed E-state index contributed by atoms with van der Waals surface area (Å²) in [6.07, 6.45) is -4.43. The van der Waals surface area contributed by atoms with Gasteiger partial charge in [0, 0.05) is 0 Å².